The first-order valence-electron chi connectivity index (χ1n) is 8.83. The number of nitrogens with zero attached hydrogens (tertiary/aromatic N) is 4. The summed E-state index contributed by atoms with van der Waals surface area (Å²) in [5.74, 6) is 0.668. The summed E-state index contributed by atoms with van der Waals surface area (Å²) < 4.78 is 0. The monoisotopic (exact) mass is 355 g/mol. The maximum Gasteiger partial charge on any atom is 0.161 e. The Hall–Kier alpha value is -3.47. The molecule has 2 heterocycles. The van der Waals surface area contributed by atoms with Crippen LogP contribution >= 0.6 is 0 Å². The van der Waals surface area contributed by atoms with Gasteiger partial charge < -0.3 is 10.6 Å². The Morgan fingerprint density at radius 3 is 2.44 bits per heavy atom. The summed E-state index contributed by atoms with van der Waals surface area (Å²) in [7, 11) is 4.07. The normalized spacial score (nSPS) is 10.9. The van der Waals surface area contributed by atoms with Crippen LogP contribution in [0.25, 0.3) is 22.3 Å². The second kappa shape index (κ2) is 7.03. The molecular weight excluding hydrogens is 334 g/mol. The Kier molecular flexibility index (Phi) is 4.42. The Morgan fingerprint density at radius 1 is 0.926 bits per heavy atom. The molecule has 134 valence electrons. The molecule has 0 atom stereocenters. The lowest BCUT2D eigenvalue weighted by Crippen LogP contribution is -2.08. The Balaban J connectivity index is 1.82. The molecule has 0 aliphatic carbocycles. The molecule has 0 aliphatic heterocycles. The van der Waals surface area contributed by atoms with Crippen molar-refractivity contribution >= 4 is 22.3 Å². The van der Waals surface area contributed by atoms with Gasteiger partial charge in [0, 0.05) is 55.2 Å². The molecule has 2 N–H and O–H groups in total. The van der Waals surface area contributed by atoms with Gasteiger partial charge in [-0.05, 0) is 42.0 Å². The summed E-state index contributed by atoms with van der Waals surface area (Å²) in [5, 5.41) is 0.918. The first kappa shape index (κ1) is 17.0. The van der Waals surface area contributed by atoms with Crippen LogP contribution in [-0.2, 0) is 6.42 Å². The fourth-order valence-electron chi connectivity index (χ4n) is 3.15. The van der Waals surface area contributed by atoms with Crippen LogP contribution in [-0.4, -0.2) is 29.0 Å². The van der Waals surface area contributed by atoms with Gasteiger partial charge in [0.05, 0.1) is 11.2 Å². The number of aromatic nitrogens is 3. The third-order valence-electron chi connectivity index (χ3n) is 4.57. The lowest BCUT2D eigenvalue weighted by Gasteiger charge is -2.14. The lowest BCUT2D eigenvalue weighted by molar-refractivity contribution is 1.06. The molecule has 0 amide bonds. The Morgan fingerprint density at radius 2 is 1.74 bits per heavy atom. The fraction of sp³-hybridized carbons (Fsp3) is 0.136. The third kappa shape index (κ3) is 3.44. The average molecular weight is 355 g/mol. The minimum Gasteiger partial charge on any atom is -0.398 e. The zero-order valence-electron chi connectivity index (χ0n) is 15.4. The molecule has 0 bridgehead atoms. The van der Waals surface area contributed by atoms with Crippen LogP contribution in [0, 0.1) is 0 Å². The SMILES string of the molecule is CN(C)c1ccc(Cc2nc(-c3cccnc3)nc3cccc(N)c23)cc1. The molecule has 4 rings (SSSR count). The maximum absolute atomic E-state index is 6.26. The second-order valence-electron chi connectivity index (χ2n) is 6.71. The minimum atomic E-state index is 0.668. The number of nitrogen functional groups attached to an aromatic ring is 1. The highest BCUT2D eigenvalue weighted by Crippen LogP contribution is 2.27. The molecule has 0 aliphatic rings. The lowest BCUT2D eigenvalue weighted by atomic mass is 10.0. The molecule has 0 unspecified atom stereocenters. The average Bonchev–Trinajstić information content (AvgIpc) is 2.69. The molecule has 0 spiro atoms. The summed E-state index contributed by atoms with van der Waals surface area (Å²) >= 11 is 0. The van der Waals surface area contributed by atoms with Crippen molar-refractivity contribution in [2.45, 2.75) is 6.42 Å². The van der Waals surface area contributed by atoms with Crippen molar-refractivity contribution in [3.63, 3.8) is 0 Å². The molecule has 2 aromatic heterocycles. The molecule has 2 aromatic carbocycles. The van der Waals surface area contributed by atoms with Crippen molar-refractivity contribution in [3.05, 3.63) is 78.2 Å². The van der Waals surface area contributed by atoms with Crippen LogP contribution in [0.4, 0.5) is 11.4 Å². The summed E-state index contributed by atoms with van der Waals surface area (Å²) in [4.78, 5) is 15.8. The number of rotatable bonds is 4. The van der Waals surface area contributed by atoms with Crippen LogP contribution in [0.3, 0.4) is 0 Å². The smallest absolute Gasteiger partial charge is 0.161 e. The quantitative estimate of drug-likeness (QED) is 0.562. The largest absolute Gasteiger partial charge is 0.398 e. The zero-order valence-corrected chi connectivity index (χ0v) is 15.4. The number of benzene rings is 2. The van der Waals surface area contributed by atoms with E-state index in [1.807, 2.05) is 44.4 Å². The van der Waals surface area contributed by atoms with Gasteiger partial charge in [0.1, 0.15) is 0 Å². The first-order valence-corrected chi connectivity index (χ1v) is 8.83. The summed E-state index contributed by atoms with van der Waals surface area (Å²) in [6.45, 7) is 0. The minimum absolute atomic E-state index is 0.668. The molecule has 0 fully saturated rings. The molecule has 0 radical (unpaired) electrons. The molecule has 5 nitrogen and oxygen atoms in total. The topological polar surface area (TPSA) is 67.9 Å². The number of hydrogen-bond acceptors (Lipinski definition) is 5. The molecule has 27 heavy (non-hydrogen) atoms. The van der Waals surface area contributed by atoms with Crippen molar-refractivity contribution < 1.29 is 0 Å². The number of hydrogen-bond donors (Lipinski definition) is 1. The van der Waals surface area contributed by atoms with E-state index >= 15 is 0 Å². The fourth-order valence-corrected chi connectivity index (χ4v) is 3.15. The van der Waals surface area contributed by atoms with E-state index in [4.69, 9.17) is 15.7 Å². The third-order valence-corrected chi connectivity index (χ3v) is 4.57. The van der Waals surface area contributed by atoms with Gasteiger partial charge in [-0.1, -0.05) is 18.2 Å². The van der Waals surface area contributed by atoms with E-state index in [1.54, 1.807) is 12.4 Å². The van der Waals surface area contributed by atoms with Crippen molar-refractivity contribution in [1.82, 2.24) is 15.0 Å². The van der Waals surface area contributed by atoms with E-state index in [1.165, 1.54) is 11.3 Å². The number of pyridine rings is 1. The van der Waals surface area contributed by atoms with Crippen molar-refractivity contribution in [2.75, 3.05) is 24.7 Å². The van der Waals surface area contributed by atoms with E-state index in [0.29, 0.717) is 17.9 Å². The highest BCUT2D eigenvalue weighted by molar-refractivity contribution is 5.93. The maximum atomic E-state index is 6.26. The molecule has 0 saturated heterocycles. The molecule has 4 aromatic rings. The van der Waals surface area contributed by atoms with Crippen molar-refractivity contribution in [2.24, 2.45) is 0 Å². The Bertz CT molecular complexity index is 1070. The van der Waals surface area contributed by atoms with Gasteiger partial charge in [0.25, 0.3) is 0 Å². The standard InChI is InChI=1S/C22H21N5/c1-27(2)17-10-8-15(9-11-17)13-20-21-18(23)6-3-7-19(21)25-22(26-20)16-5-4-12-24-14-16/h3-12,14H,13,23H2,1-2H3. The van der Waals surface area contributed by atoms with E-state index in [2.05, 4.69) is 34.1 Å². The summed E-state index contributed by atoms with van der Waals surface area (Å²) in [6.07, 6.45) is 4.22. The Labute approximate surface area is 158 Å². The van der Waals surface area contributed by atoms with Crippen LogP contribution in [0.5, 0.6) is 0 Å². The first-order chi connectivity index (χ1) is 13.1. The molecular formula is C22H21N5. The molecule has 5 heteroatoms. The predicted octanol–water partition coefficient (Wildman–Crippen LogP) is 3.93. The van der Waals surface area contributed by atoms with Gasteiger partial charge in [0.15, 0.2) is 5.82 Å². The van der Waals surface area contributed by atoms with Gasteiger partial charge >= 0.3 is 0 Å². The van der Waals surface area contributed by atoms with E-state index in [-0.39, 0.29) is 0 Å². The van der Waals surface area contributed by atoms with Gasteiger partial charge in [-0.2, -0.15) is 0 Å². The van der Waals surface area contributed by atoms with Crippen molar-refractivity contribution in [3.8, 4) is 11.4 Å². The summed E-state index contributed by atoms with van der Waals surface area (Å²) in [6, 6.07) is 18.2. The van der Waals surface area contributed by atoms with Crippen LogP contribution in [0.1, 0.15) is 11.3 Å². The highest BCUT2D eigenvalue weighted by Gasteiger charge is 2.12. The van der Waals surface area contributed by atoms with Gasteiger partial charge in [-0.15, -0.1) is 0 Å². The van der Waals surface area contributed by atoms with E-state index in [0.717, 1.165) is 22.2 Å². The van der Waals surface area contributed by atoms with Crippen LogP contribution in [0.2, 0.25) is 0 Å². The number of anilines is 2. The van der Waals surface area contributed by atoms with Gasteiger partial charge in [-0.25, -0.2) is 9.97 Å². The van der Waals surface area contributed by atoms with Gasteiger partial charge in [0.2, 0.25) is 0 Å². The van der Waals surface area contributed by atoms with Crippen molar-refractivity contribution in [1.29, 1.82) is 0 Å². The number of fused-ring (bicyclic) bond motifs is 1. The van der Waals surface area contributed by atoms with E-state index < -0.39 is 0 Å². The predicted molar refractivity (Wildman–Crippen MR) is 111 cm³/mol. The van der Waals surface area contributed by atoms with Gasteiger partial charge in [-0.3, -0.25) is 4.98 Å². The number of nitrogens with two attached hydrogens (primary N) is 1. The highest BCUT2D eigenvalue weighted by atomic mass is 15.1. The van der Waals surface area contributed by atoms with Crippen LogP contribution < -0.4 is 10.6 Å². The van der Waals surface area contributed by atoms with E-state index in [9.17, 15) is 0 Å². The second-order valence-corrected chi connectivity index (χ2v) is 6.71. The van der Waals surface area contributed by atoms with Crippen LogP contribution in [0.15, 0.2) is 67.0 Å². The summed E-state index contributed by atoms with van der Waals surface area (Å²) in [5.41, 5.74) is 12.0. The molecule has 0 saturated carbocycles. The zero-order chi connectivity index (χ0) is 18.8.